The molecule has 0 fully saturated rings. The molecule has 86 valence electrons. The van der Waals surface area contributed by atoms with Gasteiger partial charge in [0.15, 0.2) is 11.5 Å². The van der Waals surface area contributed by atoms with Gasteiger partial charge in [-0.2, -0.15) is 0 Å². The highest BCUT2D eigenvalue weighted by Crippen LogP contribution is 2.32. The van der Waals surface area contributed by atoms with Crippen LogP contribution in [0, 0.1) is 0 Å². The van der Waals surface area contributed by atoms with E-state index < -0.39 is 0 Å². The first-order valence-corrected chi connectivity index (χ1v) is 4.71. The van der Waals surface area contributed by atoms with Crippen molar-refractivity contribution in [1.82, 2.24) is 5.32 Å². The molecule has 1 rings (SSSR count). The molecule has 0 aliphatic heterocycles. The summed E-state index contributed by atoms with van der Waals surface area (Å²) < 4.78 is 20.5. The van der Waals surface area contributed by atoms with Crippen LogP contribution in [0.3, 0.4) is 0 Å². The maximum absolute atomic E-state index is 5.30. The maximum atomic E-state index is 5.30. The Hall–Kier alpha value is -1.20. The molecule has 0 radical (unpaired) electrons. The first-order chi connectivity index (χ1) is 7.33. The molecule has 5 nitrogen and oxygen atoms in total. The van der Waals surface area contributed by atoms with Gasteiger partial charge in [-0.25, -0.2) is 0 Å². The SMILES string of the molecule is COCCNCc1occ(OC)c1OC. The number of hydrogen-bond donors (Lipinski definition) is 1. The second kappa shape index (κ2) is 6.31. The molecule has 0 unspecified atom stereocenters. The van der Waals surface area contributed by atoms with E-state index in [4.69, 9.17) is 18.6 Å². The third-order valence-electron chi connectivity index (χ3n) is 1.98. The van der Waals surface area contributed by atoms with E-state index in [1.165, 1.54) is 6.26 Å². The minimum Gasteiger partial charge on any atom is -0.490 e. The summed E-state index contributed by atoms with van der Waals surface area (Å²) in [6, 6.07) is 0. The summed E-state index contributed by atoms with van der Waals surface area (Å²) in [5.74, 6) is 1.98. The second-order valence-electron chi connectivity index (χ2n) is 2.93. The van der Waals surface area contributed by atoms with Crippen LogP contribution in [0.4, 0.5) is 0 Å². The van der Waals surface area contributed by atoms with Crippen LogP contribution >= 0.6 is 0 Å². The fourth-order valence-electron chi connectivity index (χ4n) is 1.22. The van der Waals surface area contributed by atoms with Gasteiger partial charge in [-0.05, 0) is 0 Å². The molecule has 0 bridgehead atoms. The quantitative estimate of drug-likeness (QED) is 0.688. The van der Waals surface area contributed by atoms with Gasteiger partial charge in [0.25, 0.3) is 0 Å². The topological polar surface area (TPSA) is 52.9 Å². The van der Waals surface area contributed by atoms with Crippen molar-refractivity contribution in [2.45, 2.75) is 6.54 Å². The van der Waals surface area contributed by atoms with Gasteiger partial charge < -0.3 is 23.9 Å². The normalized spacial score (nSPS) is 10.3. The van der Waals surface area contributed by atoms with Crippen LogP contribution in [0.15, 0.2) is 10.7 Å². The van der Waals surface area contributed by atoms with Crippen LogP contribution < -0.4 is 14.8 Å². The van der Waals surface area contributed by atoms with Crippen molar-refractivity contribution in [3.63, 3.8) is 0 Å². The first kappa shape index (κ1) is 11.9. The predicted octanol–water partition coefficient (Wildman–Crippen LogP) is 1.03. The van der Waals surface area contributed by atoms with Crippen LogP contribution in [0.25, 0.3) is 0 Å². The summed E-state index contributed by atoms with van der Waals surface area (Å²) in [6.45, 7) is 2.03. The van der Waals surface area contributed by atoms with Crippen molar-refractivity contribution in [1.29, 1.82) is 0 Å². The summed E-state index contributed by atoms with van der Waals surface area (Å²) in [6.07, 6.45) is 1.53. The Bertz CT molecular complexity index is 285. The highest BCUT2D eigenvalue weighted by Gasteiger charge is 2.14. The molecule has 1 aromatic heterocycles. The van der Waals surface area contributed by atoms with Gasteiger partial charge in [0.1, 0.15) is 6.26 Å². The first-order valence-electron chi connectivity index (χ1n) is 4.71. The lowest BCUT2D eigenvalue weighted by molar-refractivity contribution is 0.198. The van der Waals surface area contributed by atoms with Gasteiger partial charge >= 0.3 is 0 Å². The Balaban J connectivity index is 2.49. The molecule has 1 heterocycles. The van der Waals surface area contributed by atoms with Crippen LogP contribution in [-0.4, -0.2) is 34.5 Å². The van der Waals surface area contributed by atoms with Gasteiger partial charge in [0, 0.05) is 13.7 Å². The Kier molecular flexibility index (Phi) is 5.00. The van der Waals surface area contributed by atoms with Gasteiger partial charge in [0.05, 0.1) is 27.4 Å². The zero-order chi connectivity index (χ0) is 11.1. The molecule has 0 atom stereocenters. The van der Waals surface area contributed by atoms with Crippen LogP contribution in [-0.2, 0) is 11.3 Å². The second-order valence-corrected chi connectivity index (χ2v) is 2.93. The molecule has 0 saturated carbocycles. The lowest BCUT2D eigenvalue weighted by Gasteiger charge is -2.04. The van der Waals surface area contributed by atoms with Crippen molar-refractivity contribution < 1.29 is 18.6 Å². The fraction of sp³-hybridized carbons (Fsp3) is 0.600. The maximum Gasteiger partial charge on any atom is 0.204 e. The Morgan fingerprint density at radius 3 is 2.67 bits per heavy atom. The molecule has 0 amide bonds. The summed E-state index contributed by atoms with van der Waals surface area (Å²) in [7, 11) is 4.83. The molecule has 15 heavy (non-hydrogen) atoms. The van der Waals surface area contributed by atoms with Crippen LogP contribution in [0.2, 0.25) is 0 Å². The molecule has 0 aliphatic rings. The van der Waals surface area contributed by atoms with E-state index >= 15 is 0 Å². The molecule has 1 aromatic rings. The number of ether oxygens (including phenoxy) is 3. The Labute approximate surface area is 89.3 Å². The van der Waals surface area contributed by atoms with E-state index in [2.05, 4.69) is 5.32 Å². The van der Waals surface area contributed by atoms with Gasteiger partial charge in [-0.1, -0.05) is 0 Å². The van der Waals surface area contributed by atoms with Gasteiger partial charge in [0.2, 0.25) is 5.75 Å². The van der Waals surface area contributed by atoms with Gasteiger partial charge in [-0.15, -0.1) is 0 Å². The number of nitrogens with one attached hydrogen (secondary N) is 1. The smallest absolute Gasteiger partial charge is 0.204 e. The largest absolute Gasteiger partial charge is 0.490 e. The average Bonchev–Trinajstić information content (AvgIpc) is 2.66. The number of rotatable bonds is 7. The monoisotopic (exact) mass is 215 g/mol. The van der Waals surface area contributed by atoms with E-state index in [1.807, 2.05) is 0 Å². The predicted molar refractivity (Wildman–Crippen MR) is 55.4 cm³/mol. The van der Waals surface area contributed by atoms with Gasteiger partial charge in [-0.3, -0.25) is 0 Å². The number of furan rings is 1. The summed E-state index contributed by atoms with van der Waals surface area (Å²) >= 11 is 0. The van der Waals surface area contributed by atoms with E-state index in [9.17, 15) is 0 Å². The van der Waals surface area contributed by atoms with Crippen LogP contribution in [0.5, 0.6) is 11.5 Å². The minimum atomic E-state index is 0.593. The number of methoxy groups -OCH3 is 3. The van der Waals surface area contributed by atoms with E-state index in [1.54, 1.807) is 21.3 Å². The molecule has 5 heteroatoms. The van der Waals surface area contributed by atoms with E-state index in [-0.39, 0.29) is 0 Å². The highest BCUT2D eigenvalue weighted by atomic mass is 16.5. The zero-order valence-corrected chi connectivity index (χ0v) is 9.33. The number of hydrogen-bond acceptors (Lipinski definition) is 5. The lowest BCUT2D eigenvalue weighted by Crippen LogP contribution is -2.18. The molecule has 0 aliphatic carbocycles. The molecular formula is C10H17NO4. The van der Waals surface area contributed by atoms with Crippen molar-refractivity contribution in [3.05, 3.63) is 12.0 Å². The minimum absolute atomic E-state index is 0.593. The zero-order valence-electron chi connectivity index (χ0n) is 9.33. The highest BCUT2D eigenvalue weighted by molar-refractivity contribution is 5.40. The molecule has 0 spiro atoms. The molecule has 1 N–H and O–H groups in total. The molecule has 0 aromatic carbocycles. The molecular weight excluding hydrogens is 198 g/mol. The van der Waals surface area contributed by atoms with E-state index in [0.29, 0.717) is 24.7 Å². The third kappa shape index (κ3) is 3.14. The average molecular weight is 215 g/mol. The van der Waals surface area contributed by atoms with Crippen molar-refractivity contribution >= 4 is 0 Å². The Morgan fingerprint density at radius 2 is 2.07 bits per heavy atom. The summed E-state index contributed by atoms with van der Waals surface area (Å²) in [5, 5.41) is 3.16. The van der Waals surface area contributed by atoms with E-state index in [0.717, 1.165) is 12.3 Å². The Morgan fingerprint density at radius 1 is 1.27 bits per heavy atom. The van der Waals surface area contributed by atoms with Crippen molar-refractivity contribution in [2.24, 2.45) is 0 Å². The van der Waals surface area contributed by atoms with Crippen LogP contribution in [0.1, 0.15) is 5.76 Å². The third-order valence-corrected chi connectivity index (χ3v) is 1.98. The summed E-state index contributed by atoms with van der Waals surface area (Å²) in [4.78, 5) is 0. The lowest BCUT2D eigenvalue weighted by atomic mass is 10.4. The standard InChI is InChI=1S/C10H17NO4/c1-12-5-4-11-6-8-10(14-3)9(13-2)7-15-8/h7,11H,4-6H2,1-3H3. The van der Waals surface area contributed by atoms with Crippen molar-refractivity contribution in [3.8, 4) is 11.5 Å². The summed E-state index contributed by atoms with van der Waals surface area (Å²) in [5.41, 5.74) is 0. The van der Waals surface area contributed by atoms with Crippen molar-refractivity contribution in [2.75, 3.05) is 34.5 Å². The molecule has 0 saturated heterocycles. The fourth-order valence-corrected chi connectivity index (χ4v) is 1.22.